The summed E-state index contributed by atoms with van der Waals surface area (Å²) in [5.41, 5.74) is 2.03. The highest BCUT2D eigenvalue weighted by molar-refractivity contribution is 5.84. The van der Waals surface area contributed by atoms with Gasteiger partial charge in [0.15, 0.2) is 5.96 Å². The smallest absolute Gasteiger partial charge is 0.304 e. The standard InChI is InChI=1S/C21H30N4O4/c1-25-14-17-12-18(6-5-15(17)11-16(20(25)28)13-19(26)27)29-10-4-9-24-21-22-7-2-3-8-23-21/h5-6,12,16H,2-4,7-11,13-14H2,1H3,(H,26,27)(H2,22,23,24). The van der Waals surface area contributed by atoms with E-state index in [1.807, 2.05) is 18.2 Å². The molecule has 1 unspecified atom stereocenters. The van der Waals surface area contributed by atoms with Crippen LogP contribution in [-0.2, 0) is 22.6 Å². The zero-order valence-electron chi connectivity index (χ0n) is 16.9. The lowest BCUT2D eigenvalue weighted by Crippen LogP contribution is -2.37. The molecule has 8 nitrogen and oxygen atoms in total. The molecule has 158 valence electrons. The van der Waals surface area contributed by atoms with Gasteiger partial charge >= 0.3 is 5.97 Å². The van der Waals surface area contributed by atoms with Gasteiger partial charge in [0.05, 0.1) is 18.9 Å². The fourth-order valence-electron chi connectivity index (χ4n) is 3.68. The van der Waals surface area contributed by atoms with Crippen molar-refractivity contribution in [2.75, 3.05) is 33.3 Å². The van der Waals surface area contributed by atoms with Crippen LogP contribution in [0.2, 0.25) is 0 Å². The minimum absolute atomic E-state index is 0.118. The number of amides is 1. The SMILES string of the molecule is CN1Cc2cc(OCCCNC3=NCCCCN3)ccc2CC(CC(=O)O)C1=O. The van der Waals surface area contributed by atoms with Crippen molar-refractivity contribution in [3.63, 3.8) is 0 Å². The monoisotopic (exact) mass is 402 g/mol. The van der Waals surface area contributed by atoms with Crippen LogP contribution in [0.4, 0.5) is 0 Å². The number of carbonyl (C=O) groups is 2. The van der Waals surface area contributed by atoms with E-state index in [4.69, 9.17) is 9.84 Å². The van der Waals surface area contributed by atoms with Crippen LogP contribution in [-0.4, -0.2) is 61.1 Å². The molecule has 0 bridgehead atoms. The number of aliphatic imine (C=N–C) groups is 1. The fraction of sp³-hybridized carbons (Fsp3) is 0.571. The van der Waals surface area contributed by atoms with Crippen LogP contribution >= 0.6 is 0 Å². The minimum atomic E-state index is -0.946. The summed E-state index contributed by atoms with van der Waals surface area (Å²) in [4.78, 5) is 29.6. The topological polar surface area (TPSA) is 103 Å². The lowest BCUT2D eigenvalue weighted by Gasteiger charge is -2.18. The zero-order chi connectivity index (χ0) is 20.6. The van der Waals surface area contributed by atoms with E-state index < -0.39 is 11.9 Å². The lowest BCUT2D eigenvalue weighted by molar-refractivity contribution is -0.143. The number of hydrogen-bond donors (Lipinski definition) is 3. The first kappa shape index (κ1) is 21.0. The maximum atomic E-state index is 12.4. The first-order valence-electron chi connectivity index (χ1n) is 10.3. The number of carbonyl (C=O) groups excluding carboxylic acids is 1. The van der Waals surface area contributed by atoms with Crippen molar-refractivity contribution in [3.8, 4) is 5.75 Å². The molecule has 1 amide bonds. The molecule has 1 atom stereocenters. The van der Waals surface area contributed by atoms with Gasteiger partial charge in [0.2, 0.25) is 5.91 Å². The Morgan fingerprint density at radius 2 is 2.24 bits per heavy atom. The molecule has 0 aliphatic carbocycles. The molecule has 29 heavy (non-hydrogen) atoms. The number of hydrogen-bond acceptors (Lipinski definition) is 6. The first-order valence-corrected chi connectivity index (χ1v) is 10.3. The summed E-state index contributed by atoms with van der Waals surface area (Å²) in [6.45, 7) is 3.65. The number of benzene rings is 1. The van der Waals surface area contributed by atoms with Crippen LogP contribution in [0.5, 0.6) is 5.75 Å². The second kappa shape index (κ2) is 10.1. The number of ether oxygens (including phenoxy) is 1. The highest BCUT2D eigenvalue weighted by atomic mass is 16.5. The van der Waals surface area contributed by atoms with Crippen LogP contribution in [0.25, 0.3) is 0 Å². The number of rotatable bonds is 7. The third-order valence-electron chi connectivity index (χ3n) is 5.23. The van der Waals surface area contributed by atoms with Crippen LogP contribution in [0, 0.1) is 5.92 Å². The van der Waals surface area contributed by atoms with Gasteiger partial charge in [-0.25, -0.2) is 0 Å². The van der Waals surface area contributed by atoms with E-state index in [1.165, 1.54) is 0 Å². The molecule has 1 aromatic carbocycles. The summed E-state index contributed by atoms with van der Waals surface area (Å²) < 4.78 is 5.88. The number of nitrogens with one attached hydrogen (secondary N) is 2. The Labute approximate surface area is 171 Å². The Balaban J connectivity index is 1.51. The van der Waals surface area contributed by atoms with Gasteiger partial charge in [0.1, 0.15) is 5.75 Å². The Morgan fingerprint density at radius 1 is 1.38 bits per heavy atom. The molecule has 2 heterocycles. The molecule has 2 aliphatic heterocycles. The lowest BCUT2D eigenvalue weighted by atomic mass is 9.94. The summed E-state index contributed by atoms with van der Waals surface area (Å²) in [5, 5.41) is 15.7. The summed E-state index contributed by atoms with van der Waals surface area (Å²) >= 11 is 0. The van der Waals surface area contributed by atoms with E-state index in [1.54, 1.807) is 11.9 Å². The molecule has 8 heteroatoms. The Bertz CT molecular complexity index is 765. The van der Waals surface area contributed by atoms with Crippen molar-refractivity contribution < 1.29 is 19.4 Å². The van der Waals surface area contributed by atoms with E-state index in [2.05, 4.69) is 15.6 Å². The van der Waals surface area contributed by atoms with E-state index in [0.717, 1.165) is 61.7 Å². The normalized spacial score (nSPS) is 19.3. The van der Waals surface area contributed by atoms with E-state index in [0.29, 0.717) is 19.6 Å². The molecule has 0 saturated heterocycles. The molecule has 3 N–H and O–H groups in total. The number of aliphatic carboxylic acids is 1. The third-order valence-corrected chi connectivity index (χ3v) is 5.23. The van der Waals surface area contributed by atoms with Gasteiger partial charge in [-0.2, -0.15) is 0 Å². The summed E-state index contributed by atoms with van der Waals surface area (Å²) in [7, 11) is 1.72. The Hall–Kier alpha value is -2.77. The molecule has 3 rings (SSSR count). The summed E-state index contributed by atoms with van der Waals surface area (Å²) in [6.07, 6.45) is 3.42. The molecule has 1 aromatic rings. The zero-order valence-corrected chi connectivity index (χ0v) is 16.9. The third kappa shape index (κ3) is 6.10. The van der Waals surface area contributed by atoms with E-state index in [9.17, 15) is 9.59 Å². The maximum absolute atomic E-state index is 12.4. The number of nitrogens with zero attached hydrogens (tertiary/aromatic N) is 2. The highest BCUT2D eigenvalue weighted by Crippen LogP contribution is 2.27. The average Bonchev–Trinajstić information content (AvgIpc) is 3.01. The van der Waals surface area contributed by atoms with Gasteiger partial charge in [0.25, 0.3) is 0 Å². The summed E-state index contributed by atoms with van der Waals surface area (Å²) in [6, 6.07) is 5.82. The second-order valence-electron chi connectivity index (χ2n) is 7.62. The van der Waals surface area contributed by atoms with Crippen LogP contribution in [0.15, 0.2) is 23.2 Å². The number of fused-ring (bicyclic) bond motifs is 1. The fourth-order valence-corrected chi connectivity index (χ4v) is 3.68. The predicted octanol–water partition coefficient (Wildman–Crippen LogP) is 1.39. The number of guanidine groups is 1. The molecule has 0 spiro atoms. The molecule has 0 radical (unpaired) electrons. The van der Waals surface area contributed by atoms with Crippen molar-refractivity contribution in [1.82, 2.24) is 15.5 Å². The van der Waals surface area contributed by atoms with Gasteiger partial charge in [0, 0.05) is 33.2 Å². The Morgan fingerprint density at radius 3 is 3.07 bits per heavy atom. The average molecular weight is 402 g/mol. The minimum Gasteiger partial charge on any atom is -0.494 e. The van der Waals surface area contributed by atoms with Gasteiger partial charge in [-0.1, -0.05) is 6.07 Å². The van der Waals surface area contributed by atoms with Crippen LogP contribution in [0.3, 0.4) is 0 Å². The van der Waals surface area contributed by atoms with E-state index >= 15 is 0 Å². The highest BCUT2D eigenvalue weighted by Gasteiger charge is 2.29. The molecule has 0 saturated carbocycles. The van der Waals surface area contributed by atoms with Crippen molar-refractivity contribution in [1.29, 1.82) is 0 Å². The van der Waals surface area contributed by atoms with Crippen molar-refractivity contribution in [2.45, 2.75) is 38.6 Å². The van der Waals surface area contributed by atoms with Gasteiger partial charge < -0.3 is 25.4 Å². The van der Waals surface area contributed by atoms with Crippen molar-refractivity contribution >= 4 is 17.8 Å². The van der Waals surface area contributed by atoms with Crippen LogP contribution in [0.1, 0.15) is 36.8 Å². The molecule has 0 fully saturated rings. The number of carboxylic acid groups (broad SMARTS) is 1. The molecule has 2 aliphatic rings. The maximum Gasteiger partial charge on any atom is 0.304 e. The largest absolute Gasteiger partial charge is 0.494 e. The van der Waals surface area contributed by atoms with Crippen LogP contribution < -0.4 is 15.4 Å². The molecule has 0 aromatic heterocycles. The quantitative estimate of drug-likeness (QED) is 0.596. The van der Waals surface area contributed by atoms with Gasteiger partial charge in [-0.15, -0.1) is 0 Å². The van der Waals surface area contributed by atoms with Crippen molar-refractivity contribution in [3.05, 3.63) is 29.3 Å². The van der Waals surface area contributed by atoms with Gasteiger partial charge in [-0.3, -0.25) is 14.6 Å². The first-order chi connectivity index (χ1) is 14.0. The van der Waals surface area contributed by atoms with Crippen molar-refractivity contribution in [2.24, 2.45) is 10.9 Å². The molecular formula is C21H30N4O4. The Kier molecular flexibility index (Phi) is 7.32. The number of carboxylic acids is 1. The second-order valence-corrected chi connectivity index (χ2v) is 7.62. The predicted molar refractivity (Wildman–Crippen MR) is 110 cm³/mol. The van der Waals surface area contributed by atoms with Gasteiger partial charge in [-0.05, 0) is 48.9 Å². The molecular weight excluding hydrogens is 372 g/mol. The summed E-state index contributed by atoms with van der Waals surface area (Å²) in [5.74, 6) is 0.0606. The van der Waals surface area contributed by atoms with E-state index in [-0.39, 0.29) is 12.3 Å².